The molecule has 1 heterocycles. The van der Waals surface area contributed by atoms with E-state index in [1.54, 1.807) is 26.0 Å². The second-order valence-corrected chi connectivity index (χ2v) is 5.96. The smallest absolute Gasteiger partial charge is 0.348 e. The van der Waals surface area contributed by atoms with Crippen LogP contribution in [-0.2, 0) is 9.53 Å². The van der Waals surface area contributed by atoms with Gasteiger partial charge in [0.1, 0.15) is 4.88 Å². The van der Waals surface area contributed by atoms with Gasteiger partial charge in [-0.1, -0.05) is 12.1 Å². The van der Waals surface area contributed by atoms with Crippen LogP contribution in [0.15, 0.2) is 30.3 Å². The highest BCUT2D eigenvalue weighted by atomic mass is 32.1. The molecule has 2 rings (SSSR count). The maximum Gasteiger partial charge on any atom is 0.348 e. The lowest BCUT2D eigenvalue weighted by atomic mass is 10.3. The minimum Gasteiger partial charge on any atom is -0.477 e. The van der Waals surface area contributed by atoms with Crippen molar-refractivity contribution in [3.63, 3.8) is 0 Å². The summed E-state index contributed by atoms with van der Waals surface area (Å²) in [6.45, 7) is 3.32. The van der Waals surface area contributed by atoms with Crippen LogP contribution in [0.4, 0.5) is 10.7 Å². The molecule has 0 fully saturated rings. The van der Waals surface area contributed by atoms with E-state index < -0.39 is 23.4 Å². The molecule has 1 N–H and O–H groups in total. The second-order valence-electron chi connectivity index (χ2n) is 4.90. The number of para-hydroxylation sites is 2. The number of nitrogens with zero attached hydrogens (tertiary/aromatic N) is 1. The number of nitrogens with one attached hydrogen (secondary N) is 1. The van der Waals surface area contributed by atoms with Crippen LogP contribution in [0.3, 0.4) is 0 Å². The van der Waals surface area contributed by atoms with Crippen LogP contribution in [0.25, 0.3) is 0 Å². The molecule has 0 unspecified atom stereocenters. The summed E-state index contributed by atoms with van der Waals surface area (Å²) in [5.74, 6) is -0.923. The fraction of sp³-hybridized carbons (Fsp3) is 0.250. The monoisotopic (exact) mass is 364 g/mol. The molecule has 0 atom stereocenters. The van der Waals surface area contributed by atoms with E-state index in [-0.39, 0.29) is 18.0 Å². The molecule has 2 aromatic rings. The number of thiophene rings is 1. The van der Waals surface area contributed by atoms with E-state index >= 15 is 0 Å². The normalized spacial score (nSPS) is 10.2. The van der Waals surface area contributed by atoms with Crippen molar-refractivity contribution >= 4 is 33.9 Å². The van der Waals surface area contributed by atoms with Gasteiger partial charge in [-0.05, 0) is 31.5 Å². The molecule has 0 spiro atoms. The Balaban J connectivity index is 1.98. The van der Waals surface area contributed by atoms with Crippen LogP contribution in [0, 0.1) is 17.0 Å². The average Bonchev–Trinajstić information content (AvgIpc) is 2.93. The Labute approximate surface area is 147 Å². The van der Waals surface area contributed by atoms with E-state index in [0.29, 0.717) is 15.4 Å². The molecular weight excluding hydrogens is 348 g/mol. The largest absolute Gasteiger partial charge is 0.477 e. The third-order valence-corrected chi connectivity index (χ3v) is 4.19. The lowest BCUT2D eigenvalue weighted by Gasteiger charge is -2.06. The van der Waals surface area contributed by atoms with Gasteiger partial charge in [0.25, 0.3) is 5.91 Å². The van der Waals surface area contributed by atoms with Gasteiger partial charge in [-0.15, -0.1) is 11.3 Å². The lowest BCUT2D eigenvalue weighted by molar-refractivity contribution is -0.385. The molecule has 0 aliphatic carbocycles. The summed E-state index contributed by atoms with van der Waals surface area (Å²) in [4.78, 5) is 34.5. The van der Waals surface area contributed by atoms with Crippen LogP contribution >= 0.6 is 11.3 Å². The Hall–Kier alpha value is -2.94. The molecule has 0 radical (unpaired) electrons. The van der Waals surface area contributed by atoms with Crippen LogP contribution < -0.4 is 10.1 Å². The highest BCUT2D eigenvalue weighted by Gasteiger charge is 2.17. The Morgan fingerprint density at radius 2 is 2.04 bits per heavy atom. The van der Waals surface area contributed by atoms with Crippen LogP contribution in [0.5, 0.6) is 5.75 Å². The summed E-state index contributed by atoms with van der Waals surface area (Å²) >= 11 is 1.10. The predicted molar refractivity (Wildman–Crippen MR) is 92.2 cm³/mol. The molecular formula is C16H16N2O6S. The molecule has 132 valence electrons. The van der Waals surface area contributed by atoms with Gasteiger partial charge in [0.15, 0.2) is 12.4 Å². The number of nitro benzene ring substituents is 1. The molecule has 0 bridgehead atoms. The molecule has 0 saturated heterocycles. The first kappa shape index (κ1) is 18.4. The first-order valence-corrected chi connectivity index (χ1v) is 8.17. The summed E-state index contributed by atoms with van der Waals surface area (Å²) in [7, 11) is 0. The first-order valence-electron chi connectivity index (χ1n) is 7.36. The number of anilines is 1. The molecule has 25 heavy (non-hydrogen) atoms. The van der Waals surface area contributed by atoms with Gasteiger partial charge in [-0.3, -0.25) is 14.9 Å². The third-order valence-electron chi connectivity index (χ3n) is 3.06. The number of rotatable bonds is 7. The molecule has 0 aliphatic heterocycles. The number of carbonyl (C=O) groups is 2. The highest BCUT2D eigenvalue weighted by Crippen LogP contribution is 2.28. The summed E-state index contributed by atoms with van der Waals surface area (Å²) in [5, 5.41) is 14.0. The summed E-state index contributed by atoms with van der Waals surface area (Å²) in [5.41, 5.74) is 0.477. The van der Waals surface area contributed by atoms with Gasteiger partial charge < -0.3 is 14.8 Å². The second kappa shape index (κ2) is 8.25. The number of esters is 1. The van der Waals surface area contributed by atoms with Crippen molar-refractivity contribution in [3.05, 3.63) is 50.9 Å². The van der Waals surface area contributed by atoms with Crippen LogP contribution in [-0.4, -0.2) is 30.0 Å². The number of carbonyl (C=O) groups excluding carboxylic acids is 2. The van der Waals surface area contributed by atoms with Crippen LogP contribution in [0.2, 0.25) is 0 Å². The number of hydrogen-bond acceptors (Lipinski definition) is 7. The zero-order chi connectivity index (χ0) is 18.4. The van der Waals surface area contributed by atoms with Gasteiger partial charge >= 0.3 is 11.7 Å². The first-order chi connectivity index (χ1) is 11.9. The quantitative estimate of drug-likeness (QED) is 0.459. The number of aryl methyl sites for hydroxylation is 1. The zero-order valence-corrected chi connectivity index (χ0v) is 14.4. The number of nitro groups is 1. The standard InChI is InChI=1S/C16H16N2O6S/c1-3-23-16(20)15-10(2)8-14(25-15)17-13(19)9-24-12-7-5-4-6-11(12)18(21)22/h4-8H,3,9H2,1-2H3,(H,17,19). The van der Waals surface area contributed by atoms with Crippen molar-refractivity contribution in [2.45, 2.75) is 13.8 Å². The number of ether oxygens (including phenoxy) is 2. The van der Waals surface area contributed by atoms with Gasteiger partial charge in [0.05, 0.1) is 16.5 Å². The molecule has 1 aromatic carbocycles. The van der Waals surface area contributed by atoms with E-state index in [2.05, 4.69) is 5.32 Å². The number of hydrogen-bond donors (Lipinski definition) is 1. The van der Waals surface area contributed by atoms with Crippen molar-refractivity contribution in [2.24, 2.45) is 0 Å². The van der Waals surface area contributed by atoms with Crippen molar-refractivity contribution in [2.75, 3.05) is 18.5 Å². The van der Waals surface area contributed by atoms with Crippen LogP contribution in [0.1, 0.15) is 22.2 Å². The molecule has 1 aromatic heterocycles. The molecule has 0 aliphatic rings. The average molecular weight is 364 g/mol. The lowest BCUT2D eigenvalue weighted by Crippen LogP contribution is -2.19. The Kier molecular flexibility index (Phi) is 6.07. The SMILES string of the molecule is CCOC(=O)c1sc(NC(=O)COc2ccccc2[N+](=O)[O-])cc1C. The topological polar surface area (TPSA) is 108 Å². The van der Waals surface area contributed by atoms with E-state index in [1.165, 1.54) is 18.2 Å². The van der Waals surface area contributed by atoms with Gasteiger partial charge in [-0.2, -0.15) is 0 Å². The van der Waals surface area contributed by atoms with Gasteiger partial charge in [-0.25, -0.2) is 4.79 Å². The molecule has 1 amide bonds. The third kappa shape index (κ3) is 4.77. The minimum absolute atomic E-state index is 0.0113. The van der Waals surface area contributed by atoms with Crippen molar-refractivity contribution in [1.29, 1.82) is 0 Å². The van der Waals surface area contributed by atoms with Crippen molar-refractivity contribution < 1.29 is 24.0 Å². The van der Waals surface area contributed by atoms with Gasteiger partial charge in [0, 0.05) is 6.07 Å². The van der Waals surface area contributed by atoms with Gasteiger partial charge in [0.2, 0.25) is 0 Å². The van der Waals surface area contributed by atoms with E-state index in [0.717, 1.165) is 11.3 Å². The van der Waals surface area contributed by atoms with Crippen molar-refractivity contribution in [1.82, 2.24) is 0 Å². The summed E-state index contributed by atoms with van der Waals surface area (Å²) in [6.07, 6.45) is 0. The summed E-state index contributed by atoms with van der Waals surface area (Å²) < 4.78 is 10.2. The zero-order valence-electron chi connectivity index (χ0n) is 13.6. The predicted octanol–water partition coefficient (Wildman–Crippen LogP) is 3.16. The maximum absolute atomic E-state index is 12.0. The van der Waals surface area contributed by atoms with E-state index in [9.17, 15) is 19.7 Å². The fourth-order valence-electron chi connectivity index (χ4n) is 1.99. The molecule has 0 saturated carbocycles. The number of benzene rings is 1. The Bertz CT molecular complexity index is 802. The maximum atomic E-state index is 12.0. The highest BCUT2D eigenvalue weighted by molar-refractivity contribution is 7.18. The Morgan fingerprint density at radius 3 is 2.72 bits per heavy atom. The minimum atomic E-state index is -0.582. The molecule has 8 nitrogen and oxygen atoms in total. The Morgan fingerprint density at radius 1 is 1.32 bits per heavy atom. The molecule has 9 heteroatoms. The number of amides is 1. The van der Waals surface area contributed by atoms with Crippen molar-refractivity contribution in [3.8, 4) is 5.75 Å². The fourth-order valence-corrected chi connectivity index (χ4v) is 2.97. The summed E-state index contributed by atoms with van der Waals surface area (Å²) in [6, 6.07) is 7.45. The van der Waals surface area contributed by atoms with E-state index in [1.807, 2.05) is 0 Å². The van der Waals surface area contributed by atoms with E-state index in [4.69, 9.17) is 9.47 Å².